The van der Waals surface area contributed by atoms with E-state index in [2.05, 4.69) is 5.32 Å². The largest absolute Gasteiger partial charge is 0.416 e. The minimum absolute atomic E-state index is 0.0000439. The highest BCUT2D eigenvalue weighted by Gasteiger charge is 2.31. The molecule has 0 heterocycles. The standard InChI is InChI=1S/C14H17ClF3NO/c1-9(2)12(6-7-15)19-13(20)10-4-3-5-11(8-10)14(16,17)18/h3-5,8-9,12H,6-7H2,1-2H3,(H,19,20). The molecule has 1 amide bonds. The van der Waals surface area contributed by atoms with Crippen molar-refractivity contribution in [1.29, 1.82) is 0 Å². The number of hydrogen-bond donors (Lipinski definition) is 1. The number of benzene rings is 1. The third-order valence-corrected chi connectivity index (χ3v) is 3.21. The molecule has 0 fully saturated rings. The van der Waals surface area contributed by atoms with Crippen molar-refractivity contribution in [3.63, 3.8) is 0 Å². The second kappa shape index (κ2) is 6.97. The molecule has 0 spiro atoms. The third kappa shape index (κ3) is 4.71. The van der Waals surface area contributed by atoms with E-state index in [1.165, 1.54) is 12.1 Å². The van der Waals surface area contributed by atoms with Crippen LogP contribution in [0.25, 0.3) is 0 Å². The van der Waals surface area contributed by atoms with Crippen LogP contribution in [0.2, 0.25) is 0 Å². The molecule has 20 heavy (non-hydrogen) atoms. The van der Waals surface area contributed by atoms with Gasteiger partial charge in [0.25, 0.3) is 5.91 Å². The summed E-state index contributed by atoms with van der Waals surface area (Å²) < 4.78 is 37.8. The normalized spacial score (nSPS) is 13.3. The quantitative estimate of drug-likeness (QED) is 0.816. The van der Waals surface area contributed by atoms with Gasteiger partial charge >= 0.3 is 6.18 Å². The lowest BCUT2D eigenvalue weighted by Gasteiger charge is -2.21. The Kier molecular flexibility index (Phi) is 5.87. The van der Waals surface area contributed by atoms with Crippen LogP contribution in [0.1, 0.15) is 36.2 Å². The van der Waals surface area contributed by atoms with Gasteiger partial charge in [-0.15, -0.1) is 11.6 Å². The maximum Gasteiger partial charge on any atom is 0.416 e. The highest BCUT2D eigenvalue weighted by Crippen LogP contribution is 2.29. The molecule has 2 nitrogen and oxygen atoms in total. The van der Waals surface area contributed by atoms with E-state index < -0.39 is 17.6 Å². The zero-order chi connectivity index (χ0) is 15.3. The minimum atomic E-state index is -4.45. The number of halogens is 4. The van der Waals surface area contributed by atoms with Crippen LogP contribution in [0, 0.1) is 5.92 Å². The monoisotopic (exact) mass is 307 g/mol. The predicted octanol–water partition coefficient (Wildman–Crippen LogP) is 4.09. The van der Waals surface area contributed by atoms with Gasteiger partial charge in [-0.2, -0.15) is 13.2 Å². The molecule has 1 aromatic carbocycles. The van der Waals surface area contributed by atoms with E-state index in [1.807, 2.05) is 13.8 Å². The third-order valence-electron chi connectivity index (χ3n) is 2.99. The maximum absolute atomic E-state index is 12.6. The van der Waals surface area contributed by atoms with Crippen LogP contribution in [0.5, 0.6) is 0 Å². The summed E-state index contributed by atoms with van der Waals surface area (Å²) in [5, 5.41) is 2.72. The molecule has 6 heteroatoms. The maximum atomic E-state index is 12.6. The Labute approximate surface area is 121 Å². The van der Waals surface area contributed by atoms with Crippen LogP contribution in [-0.4, -0.2) is 17.8 Å². The SMILES string of the molecule is CC(C)C(CCCl)NC(=O)c1cccc(C(F)(F)F)c1. The Morgan fingerprint density at radius 3 is 2.50 bits per heavy atom. The minimum Gasteiger partial charge on any atom is -0.349 e. The Balaban J connectivity index is 2.87. The van der Waals surface area contributed by atoms with Crippen LogP contribution < -0.4 is 5.32 Å². The first-order valence-corrected chi connectivity index (χ1v) is 6.83. The van der Waals surface area contributed by atoms with E-state index in [0.29, 0.717) is 12.3 Å². The fraction of sp³-hybridized carbons (Fsp3) is 0.500. The fourth-order valence-corrected chi connectivity index (χ4v) is 2.01. The lowest BCUT2D eigenvalue weighted by atomic mass is 10.0. The van der Waals surface area contributed by atoms with Crippen LogP contribution in [0.15, 0.2) is 24.3 Å². The van der Waals surface area contributed by atoms with Gasteiger partial charge in [-0.05, 0) is 30.5 Å². The molecule has 0 aliphatic rings. The molecule has 1 atom stereocenters. The molecule has 0 saturated carbocycles. The van der Waals surface area contributed by atoms with Crippen LogP contribution in [0.3, 0.4) is 0 Å². The van der Waals surface area contributed by atoms with Gasteiger partial charge in [0.05, 0.1) is 5.56 Å². The molecule has 1 unspecified atom stereocenters. The molecule has 0 saturated heterocycles. The van der Waals surface area contributed by atoms with Crippen molar-refractivity contribution in [1.82, 2.24) is 5.32 Å². The number of hydrogen-bond acceptors (Lipinski definition) is 1. The lowest BCUT2D eigenvalue weighted by Crippen LogP contribution is -2.38. The van der Waals surface area contributed by atoms with Crippen LogP contribution in [-0.2, 0) is 6.18 Å². The molecule has 0 aliphatic heterocycles. The highest BCUT2D eigenvalue weighted by atomic mass is 35.5. The van der Waals surface area contributed by atoms with Crippen molar-refractivity contribution in [3.05, 3.63) is 35.4 Å². The number of rotatable bonds is 5. The number of amides is 1. The Morgan fingerprint density at radius 2 is 2.00 bits per heavy atom. The molecule has 0 aromatic heterocycles. The fourth-order valence-electron chi connectivity index (χ4n) is 1.78. The zero-order valence-corrected chi connectivity index (χ0v) is 12.1. The average molecular weight is 308 g/mol. The summed E-state index contributed by atoms with van der Waals surface area (Å²) in [6.45, 7) is 3.84. The van der Waals surface area contributed by atoms with E-state index in [9.17, 15) is 18.0 Å². The van der Waals surface area contributed by atoms with Crippen molar-refractivity contribution in [2.24, 2.45) is 5.92 Å². The molecule has 1 aromatic rings. The van der Waals surface area contributed by atoms with Gasteiger partial charge in [-0.25, -0.2) is 0 Å². The first kappa shape index (κ1) is 16.8. The summed E-state index contributed by atoms with van der Waals surface area (Å²) in [5.74, 6) is 0.0227. The van der Waals surface area contributed by atoms with Crippen molar-refractivity contribution < 1.29 is 18.0 Å². The second-order valence-corrected chi connectivity index (χ2v) is 5.26. The molecular weight excluding hydrogens is 291 g/mol. The van der Waals surface area contributed by atoms with E-state index in [1.54, 1.807) is 0 Å². The summed E-state index contributed by atoms with van der Waals surface area (Å²) in [7, 11) is 0. The van der Waals surface area contributed by atoms with E-state index in [-0.39, 0.29) is 17.5 Å². The lowest BCUT2D eigenvalue weighted by molar-refractivity contribution is -0.137. The van der Waals surface area contributed by atoms with Crippen molar-refractivity contribution >= 4 is 17.5 Å². The Bertz CT molecular complexity index is 460. The smallest absolute Gasteiger partial charge is 0.349 e. The summed E-state index contributed by atoms with van der Waals surface area (Å²) in [6.07, 6.45) is -3.88. The van der Waals surface area contributed by atoms with Crippen molar-refractivity contribution in [2.45, 2.75) is 32.5 Å². The van der Waals surface area contributed by atoms with Gasteiger partial charge in [0.1, 0.15) is 0 Å². The van der Waals surface area contributed by atoms with E-state index in [4.69, 9.17) is 11.6 Å². The van der Waals surface area contributed by atoms with Gasteiger partial charge in [0.2, 0.25) is 0 Å². The highest BCUT2D eigenvalue weighted by molar-refractivity contribution is 6.17. The van der Waals surface area contributed by atoms with Crippen molar-refractivity contribution in [2.75, 3.05) is 5.88 Å². The van der Waals surface area contributed by atoms with Crippen molar-refractivity contribution in [3.8, 4) is 0 Å². The molecule has 1 rings (SSSR count). The summed E-state index contributed by atoms with van der Waals surface area (Å²) >= 11 is 5.65. The molecule has 112 valence electrons. The summed E-state index contributed by atoms with van der Waals surface area (Å²) in [4.78, 5) is 12.0. The summed E-state index contributed by atoms with van der Waals surface area (Å²) in [5.41, 5.74) is -0.830. The summed E-state index contributed by atoms with van der Waals surface area (Å²) in [6, 6.07) is 4.23. The Hall–Kier alpha value is -1.23. The molecule has 1 N–H and O–H groups in total. The Morgan fingerprint density at radius 1 is 1.35 bits per heavy atom. The second-order valence-electron chi connectivity index (χ2n) is 4.88. The number of alkyl halides is 4. The van der Waals surface area contributed by atoms with Gasteiger partial charge in [-0.3, -0.25) is 4.79 Å². The first-order valence-electron chi connectivity index (χ1n) is 6.29. The van der Waals surface area contributed by atoms with Gasteiger partial charge in [0, 0.05) is 17.5 Å². The van der Waals surface area contributed by atoms with Gasteiger partial charge in [0.15, 0.2) is 0 Å². The predicted molar refractivity (Wildman–Crippen MR) is 72.9 cm³/mol. The van der Waals surface area contributed by atoms with E-state index in [0.717, 1.165) is 12.1 Å². The molecule has 0 aliphatic carbocycles. The van der Waals surface area contributed by atoms with Gasteiger partial charge < -0.3 is 5.32 Å². The molecule has 0 bridgehead atoms. The van der Waals surface area contributed by atoms with Gasteiger partial charge in [-0.1, -0.05) is 19.9 Å². The number of nitrogens with one attached hydrogen (secondary N) is 1. The van der Waals surface area contributed by atoms with Crippen LogP contribution >= 0.6 is 11.6 Å². The number of carbonyl (C=O) groups is 1. The number of carbonyl (C=O) groups excluding carboxylic acids is 1. The van der Waals surface area contributed by atoms with Crippen LogP contribution in [0.4, 0.5) is 13.2 Å². The molecule has 0 radical (unpaired) electrons. The molecular formula is C14H17ClF3NO. The van der Waals surface area contributed by atoms with E-state index >= 15 is 0 Å². The first-order chi connectivity index (χ1) is 9.25. The average Bonchev–Trinajstić information content (AvgIpc) is 2.37. The topological polar surface area (TPSA) is 29.1 Å². The zero-order valence-electron chi connectivity index (χ0n) is 11.3.